The van der Waals surface area contributed by atoms with Crippen molar-refractivity contribution in [1.29, 1.82) is 0 Å². The van der Waals surface area contributed by atoms with Crippen LogP contribution in [0.1, 0.15) is 56.2 Å². The topological polar surface area (TPSA) is 42.3 Å². The van der Waals surface area contributed by atoms with Crippen molar-refractivity contribution in [1.82, 2.24) is 19.8 Å². The highest BCUT2D eigenvalue weighted by Gasteiger charge is 2.42. The fourth-order valence-corrected chi connectivity index (χ4v) is 4.37. The SMILES string of the molecule is CC(C)n1cccc1[C@@H]1[C@H](c2ccccn2)NC(=S)N1C[C@H]1CCCO1. The molecule has 1 N–H and O–H groups in total. The number of nitrogens with one attached hydrogen (secondary N) is 1. The van der Waals surface area contributed by atoms with Gasteiger partial charge in [-0.15, -0.1) is 0 Å². The molecule has 0 spiro atoms. The molecule has 2 aromatic rings. The Morgan fingerprint density at radius 3 is 2.88 bits per heavy atom. The van der Waals surface area contributed by atoms with Crippen molar-refractivity contribution in [2.24, 2.45) is 0 Å². The van der Waals surface area contributed by atoms with Crippen molar-refractivity contribution < 1.29 is 4.74 Å². The fourth-order valence-electron chi connectivity index (χ4n) is 4.06. The van der Waals surface area contributed by atoms with E-state index in [9.17, 15) is 0 Å². The Kier molecular flexibility index (Phi) is 4.96. The summed E-state index contributed by atoms with van der Waals surface area (Å²) in [5, 5.41) is 4.31. The van der Waals surface area contributed by atoms with Crippen LogP contribution in [0.15, 0.2) is 42.7 Å². The molecule has 6 heteroatoms. The van der Waals surface area contributed by atoms with Gasteiger partial charge in [-0.25, -0.2) is 0 Å². The third-order valence-electron chi connectivity index (χ3n) is 5.29. The number of hydrogen-bond donors (Lipinski definition) is 1. The van der Waals surface area contributed by atoms with Crippen LogP contribution in [0.4, 0.5) is 0 Å². The molecule has 2 aromatic heterocycles. The summed E-state index contributed by atoms with van der Waals surface area (Å²) in [7, 11) is 0. The maximum atomic E-state index is 5.90. The lowest BCUT2D eigenvalue weighted by Gasteiger charge is -2.31. The van der Waals surface area contributed by atoms with Crippen molar-refractivity contribution in [3.8, 4) is 0 Å². The molecule has 4 heterocycles. The van der Waals surface area contributed by atoms with Gasteiger partial charge in [-0.2, -0.15) is 0 Å². The normalized spacial score (nSPS) is 25.9. The number of hydrogen-bond acceptors (Lipinski definition) is 3. The standard InChI is InChI=1S/C20H26N4OS/c1-14(2)23-11-5-9-17(23)19-18(16-8-3-4-10-21-16)22-20(26)24(19)13-15-7-6-12-25-15/h3-5,8-11,14-15,18-19H,6-7,12-13H2,1-2H3,(H,22,26)/t15-,18+,19-/m1/s1. The van der Waals surface area contributed by atoms with Gasteiger partial charge < -0.3 is 19.5 Å². The van der Waals surface area contributed by atoms with Crippen LogP contribution in [0.25, 0.3) is 0 Å². The Morgan fingerprint density at radius 2 is 2.19 bits per heavy atom. The summed E-state index contributed by atoms with van der Waals surface area (Å²) in [6.07, 6.45) is 6.49. The van der Waals surface area contributed by atoms with Crippen molar-refractivity contribution in [3.63, 3.8) is 0 Å². The minimum absolute atomic E-state index is 0.0394. The van der Waals surface area contributed by atoms with Gasteiger partial charge in [0.05, 0.1) is 23.9 Å². The molecular weight excluding hydrogens is 344 g/mol. The van der Waals surface area contributed by atoms with Gasteiger partial charge in [0.2, 0.25) is 0 Å². The molecular formula is C20H26N4OS. The summed E-state index contributed by atoms with van der Waals surface area (Å²) in [5.74, 6) is 0. The van der Waals surface area contributed by atoms with E-state index in [4.69, 9.17) is 17.0 Å². The largest absolute Gasteiger partial charge is 0.376 e. The van der Waals surface area contributed by atoms with Gasteiger partial charge in [0.25, 0.3) is 0 Å². The summed E-state index contributed by atoms with van der Waals surface area (Å²) in [6, 6.07) is 10.9. The Labute approximate surface area is 160 Å². The molecule has 26 heavy (non-hydrogen) atoms. The third-order valence-corrected chi connectivity index (χ3v) is 5.65. The number of ether oxygens (including phenoxy) is 1. The van der Waals surface area contributed by atoms with Crippen LogP contribution in [-0.2, 0) is 4.74 Å². The lowest BCUT2D eigenvalue weighted by Crippen LogP contribution is -2.37. The molecule has 0 radical (unpaired) electrons. The molecule has 4 rings (SSSR count). The van der Waals surface area contributed by atoms with Crippen LogP contribution in [0.5, 0.6) is 0 Å². The van der Waals surface area contributed by atoms with Crippen LogP contribution < -0.4 is 5.32 Å². The first-order chi connectivity index (χ1) is 12.6. The summed E-state index contributed by atoms with van der Waals surface area (Å²) < 4.78 is 8.23. The summed E-state index contributed by atoms with van der Waals surface area (Å²) in [5.41, 5.74) is 2.28. The molecule has 2 aliphatic heterocycles. The van der Waals surface area contributed by atoms with Gasteiger partial charge in [0.1, 0.15) is 0 Å². The third kappa shape index (κ3) is 3.23. The van der Waals surface area contributed by atoms with E-state index in [0.717, 1.165) is 36.8 Å². The number of pyridine rings is 1. The monoisotopic (exact) mass is 370 g/mol. The molecule has 0 aromatic carbocycles. The smallest absolute Gasteiger partial charge is 0.170 e. The molecule has 0 aliphatic carbocycles. The molecule has 0 saturated carbocycles. The molecule has 2 fully saturated rings. The number of nitrogens with zero attached hydrogens (tertiary/aromatic N) is 3. The van der Waals surface area contributed by atoms with Crippen LogP contribution in [0.3, 0.4) is 0 Å². The van der Waals surface area contributed by atoms with E-state index in [1.807, 2.05) is 18.3 Å². The number of aromatic nitrogens is 2. The first-order valence-electron chi connectivity index (χ1n) is 9.41. The maximum Gasteiger partial charge on any atom is 0.170 e. The summed E-state index contributed by atoms with van der Waals surface area (Å²) in [4.78, 5) is 6.91. The van der Waals surface area contributed by atoms with Gasteiger partial charge >= 0.3 is 0 Å². The summed E-state index contributed by atoms with van der Waals surface area (Å²) in [6.45, 7) is 6.10. The van der Waals surface area contributed by atoms with E-state index in [0.29, 0.717) is 6.04 Å². The molecule has 0 amide bonds. The van der Waals surface area contributed by atoms with Crippen LogP contribution in [-0.4, -0.2) is 38.8 Å². The lowest BCUT2D eigenvalue weighted by atomic mass is 10.0. The molecule has 2 saturated heterocycles. The maximum absolute atomic E-state index is 5.90. The summed E-state index contributed by atoms with van der Waals surface area (Å²) >= 11 is 5.73. The minimum Gasteiger partial charge on any atom is -0.376 e. The number of thiocarbonyl (C=S) groups is 1. The van der Waals surface area contributed by atoms with Crippen molar-refractivity contribution in [3.05, 3.63) is 54.1 Å². The number of rotatable bonds is 5. The Morgan fingerprint density at radius 1 is 1.31 bits per heavy atom. The fraction of sp³-hybridized carbons (Fsp3) is 0.500. The Bertz CT molecular complexity index is 754. The van der Waals surface area contributed by atoms with Gasteiger partial charge in [-0.3, -0.25) is 4.98 Å². The van der Waals surface area contributed by atoms with Crippen molar-refractivity contribution in [2.75, 3.05) is 13.2 Å². The van der Waals surface area contributed by atoms with E-state index < -0.39 is 0 Å². The minimum atomic E-state index is 0.0394. The van der Waals surface area contributed by atoms with Crippen molar-refractivity contribution >= 4 is 17.3 Å². The Hall–Kier alpha value is -1.92. The van der Waals surface area contributed by atoms with Gasteiger partial charge in [-0.05, 0) is 63.2 Å². The highest BCUT2D eigenvalue weighted by molar-refractivity contribution is 7.80. The molecule has 0 unspecified atom stereocenters. The first-order valence-corrected chi connectivity index (χ1v) is 9.82. The van der Waals surface area contributed by atoms with E-state index >= 15 is 0 Å². The molecule has 138 valence electrons. The highest BCUT2D eigenvalue weighted by Crippen LogP contribution is 2.40. The average Bonchev–Trinajstić information content (AvgIpc) is 3.37. The van der Waals surface area contributed by atoms with Gasteiger partial charge in [0, 0.05) is 37.3 Å². The van der Waals surface area contributed by atoms with E-state index in [2.05, 4.69) is 58.0 Å². The average molecular weight is 371 g/mol. The zero-order valence-electron chi connectivity index (χ0n) is 15.3. The predicted octanol–water partition coefficient (Wildman–Crippen LogP) is 3.62. The van der Waals surface area contributed by atoms with Gasteiger partial charge in [0.15, 0.2) is 5.11 Å². The zero-order valence-corrected chi connectivity index (χ0v) is 16.2. The first kappa shape index (κ1) is 17.5. The van der Waals surface area contributed by atoms with Crippen molar-refractivity contribution in [2.45, 2.75) is 50.9 Å². The molecule has 3 atom stereocenters. The second-order valence-electron chi connectivity index (χ2n) is 7.35. The van der Waals surface area contributed by atoms with E-state index in [1.54, 1.807) is 0 Å². The lowest BCUT2D eigenvalue weighted by molar-refractivity contribution is 0.0833. The van der Waals surface area contributed by atoms with Crippen LogP contribution >= 0.6 is 12.2 Å². The second kappa shape index (κ2) is 7.37. The van der Waals surface area contributed by atoms with E-state index in [1.165, 1.54) is 5.69 Å². The molecule has 0 bridgehead atoms. The molecule has 5 nitrogen and oxygen atoms in total. The van der Waals surface area contributed by atoms with Crippen LogP contribution in [0.2, 0.25) is 0 Å². The second-order valence-corrected chi connectivity index (χ2v) is 7.73. The Balaban J connectivity index is 1.72. The highest BCUT2D eigenvalue weighted by atomic mass is 32.1. The van der Waals surface area contributed by atoms with E-state index in [-0.39, 0.29) is 18.2 Å². The molecule has 2 aliphatic rings. The van der Waals surface area contributed by atoms with Crippen LogP contribution in [0, 0.1) is 0 Å². The van der Waals surface area contributed by atoms with Gasteiger partial charge in [-0.1, -0.05) is 6.07 Å². The predicted molar refractivity (Wildman–Crippen MR) is 106 cm³/mol. The quantitative estimate of drug-likeness (QED) is 0.815. The zero-order chi connectivity index (χ0) is 18.1.